The fourth-order valence-electron chi connectivity index (χ4n) is 3.09. The van der Waals surface area contributed by atoms with Gasteiger partial charge in [0.05, 0.1) is 0 Å². The van der Waals surface area contributed by atoms with E-state index in [1.54, 1.807) is 0 Å². The van der Waals surface area contributed by atoms with Crippen LogP contribution in [0.3, 0.4) is 0 Å². The zero-order valence-electron chi connectivity index (χ0n) is 13.6. The van der Waals surface area contributed by atoms with Gasteiger partial charge in [-0.15, -0.1) is 0 Å². The van der Waals surface area contributed by atoms with E-state index in [1.807, 2.05) is 30.5 Å². The summed E-state index contributed by atoms with van der Waals surface area (Å²) in [6.45, 7) is 1.71. The van der Waals surface area contributed by atoms with E-state index in [0.717, 1.165) is 41.8 Å². The lowest BCUT2D eigenvalue weighted by molar-refractivity contribution is 0.233. The molecule has 0 aliphatic heterocycles. The van der Waals surface area contributed by atoms with Crippen LogP contribution in [-0.2, 0) is 6.61 Å². The van der Waals surface area contributed by atoms with E-state index < -0.39 is 5.43 Å². The van der Waals surface area contributed by atoms with Crippen LogP contribution in [0.5, 0.6) is 5.75 Å². The molecule has 2 heterocycles. The predicted octanol–water partition coefficient (Wildman–Crippen LogP) is 3.64. The third kappa shape index (κ3) is 2.95. The molecule has 0 saturated carbocycles. The number of aromatic nitrogens is 1. The summed E-state index contributed by atoms with van der Waals surface area (Å²) in [7, 11) is 0. The Morgan fingerprint density at radius 1 is 1.29 bits per heavy atom. The molecule has 3 aromatic rings. The van der Waals surface area contributed by atoms with Gasteiger partial charge in [-0.3, -0.25) is 4.79 Å². The maximum Gasteiger partial charge on any atom is 0.227 e. The number of hydrogen-bond acceptors (Lipinski definition) is 4. The molecule has 3 N–H and O–H groups in total. The monoisotopic (exact) mass is 327 g/mol. The van der Waals surface area contributed by atoms with Gasteiger partial charge in [0.2, 0.25) is 11.2 Å². The highest BCUT2D eigenvalue weighted by Gasteiger charge is 2.25. The van der Waals surface area contributed by atoms with Crippen molar-refractivity contribution < 1.29 is 14.6 Å². The highest BCUT2D eigenvalue weighted by molar-refractivity contribution is 5.84. The molecule has 0 radical (unpaired) electrons. The first-order valence-corrected chi connectivity index (χ1v) is 8.18. The number of aromatic hydroxyl groups is 1. The number of fused-ring (bicyclic) bond motifs is 1. The summed E-state index contributed by atoms with van der Waals surface area (Å²) in [6.07, 6.45) is 4.56. The molecule has 0 saturated heterocycles. The molecule has 3 rings (SSSR count). The van der Waals surface area contributed by atoms with Crippen LogP contribution in [0.1, 0.15) is 49.2 Å². The second kappa shape index (κ2) is 6.93. The van der Waals surface area contributed by atoms with E-state index in [-0.39, 0.29) is 29.8 Å². The van der Waals surface area contributed by atoms with Crippen LogP contribution in [0.4, 0.5) is 0 Å². The van der Waals surface area contributed by atoms with Gasteiger partial charge < -0.3 is 19.6 Å². The lowest BCUT2D eigenvalue weighted by Gasteiger charge is -2.17. The average molecular weight is 327 g/mol. The van der Waals surface area contributed by atoms with Crippen molar-refractivity contribution in [3.05, 3.63) is 63.8 Å². The Labute approximate surface area is 139 Å². The molecule has 126 valence electrons. The number of aliphatic hydroxyl groups is 1. The zero-order valence-corrected chi connectivity index (χ0v) is 13.6. The van der Waals surface area contributed by atoms with Crippen LogP contribution in [0.15, 0.2) is 45.7 Å². The van der Waals surface area contributed by atoms with E-state index in [0.29, 0.717) is 0 Å². The van der Waals surface area contributed by atoms with Gasteiger partial charge in [-0.05, 0) is 18.1 Å². The highest BCUT2D eigenvalue weighted by Crippen LogP contribution is 2.37. The average Bonchev–Trinajstić information content (AvgIpc) is 3.02. The molecular weight excluding hydrogens is 306 g/mol. The molecule has 1 unspecified atom stereocenters. The van der Waals surface area contributed by atoms with Crippen molar-refractivity contribution in [3.63, 3.8) is 0 Å². The van der Waals surface area contributed by atoms with Crippen LogP contribution in [0.2, 0.25) is 0 Å². The topological polar surface area (TPSA) is 86.5 Å². The Morgan fingerprint density at radius 2 is 2.08 bits per heavy atom. The van der Waals surface area contributed by atoms with E-state index in [4.69, 9.17) is 4.42 Å². The predicted molar refractivity (Wildman–Crippen MR) is 92.2 cm³/mol. The second-order valence-electron chi connectivity index (χ2n) is 5.93. The number of nitrogens with one attached hydrogen (secondary N) is 1. The van der Waals surface area contributed by atoms with Crippen LogP contribution in [-0.4, -0.2) is 15.2 Å². The fraction of sp³-hybridized carbons (Fsp3) is 0.316. The van der Waals surface area contributed by atoms with E-state index >= 15 is 0 Å². The van der Waals surface area contributed by atoms with Crippen molar-refractivity contribution in [3.8, 4) is 5.75 Å². The van der Waals surface area contributed by atoms with Crippen molar-refractivity contribution in [2.75, 3.05) is 0 Å². The SMILES string of the molecule is CCCCC(c1oc(CO)cc(=O)c1O)c1c[nH]c2ccccc12. The second-order valence-corrected chi connectivity index (χ2v) is 5.93. The van der Waals surface area contributed by atoms with Crippen molar-refractivity contribution in [1.29, 1.82) is 0 Å². The first-order valence-electron chi connectivity index (χ1n) is 8.18. The van der Waals surface area contributed by atoms with Crippen molar-refractivity contribution in [1.82, 2.24) is 4.98 Å². The molecule has 24 heavy (non-hydrogen) atoms. The minimum Gasteiger partial charge on any atom is -0.502 e. The lowest BCUT2D eigenvalue weighted by atomic mass is 9.90. The van der Waals surface area contributed by atoms with Gasteiger partial charge in [-0.2, -0.15) is 0 Å². The number of aliphatic hydroxyl groups excluding tert-OH is 1. The molecule has 0 spiro atoms. The number of para-hydroxylation sites is 1. The van der Waals surface area contributed by atoms with Crippen LogP contribution < -0.4 is 5.43 Å². The number of hydrogen-bond donors (Lipinski definition) is 3. The summed E-state index contributed by atoms with van der Waals surface area (Å²) < 4.78 is 5.66. The van der Waals surface area contributed by atoms with Gasteiger partial charge in [-0.25, -0.2) is 0 Å². The molecule has 0 amide bonds. The van der Waals surface area contributed by atoms with Gasteiger partial charge in [0.1, 0.15) is 12.4 Å². The van der Waals surface area contributed by atoms with Gasteiger partial charge in [-0.1, -0.05) is 38.0 Å². The van der Waals surface area contributed by atoms with Gasteiger partial charge in [0.15, 0.2) is 5.76 Å². The Kier molecular flexibility index (Phi) is 4.71. The van der Waals surface area contributed by atoms with Crippen molar-refractivity contribution in [2.24, 2.45) is 0 Å². The minimum absolute atomic E-state index is 0.161. The van der Waals surface area contributed by atoms with Crippen molar-refractivity contribution in [2.45, 2.75) is 38.7 Å². The maximum absolute atomic E-state index is 12.0. The summed E-state index contributed by atoms with van der Waals surface area (Å²) in [5.74, 6) is -0.238. The maximum atomic E-state index is 12.0. The number of unbranched alkanes of at least 4 members (excludes halogenated alkanes) is 1. The number of rotatable bonds is 6. The fourth-order valence-corrected chi connectivity index (χ4v) is 3.09. The van der Waals surface area contributed by atoms with Gasteiger partial charge in [0.25, 0.3) is 0 Å². The molecule has 0 fully saturated rings. The summed E-state index contributed by atoms with van der Waals surface area (Å²) in [5.41, 5.74) is 1.45. The Morgan fingerprint density at radius 3 is 2.83 bits per heavy atom. The van der Waals surface area contributed by atoms with Crippen LogP contribution >= 0.6 is 0 Å². The van der Waals surface area contributed by atoms with E-state index in [1.165, 1.54) is 0 Å². The lowest BCUT2D eigenvalue weighted by Crippen LogP contribution is -2.09. The van der Waals surface area contributed by atoms with E-state index in [2.05, 4.69) is 11.9 Å². The minimum atomic E-state index is -0.526. The molecule has 0 aliphatic rings. The van der Waals surface area contributed by atoms with Crippen LogP contribution in [0.25, 0.3) is 10.9 Å². The molecule has 5 nitrogen and oxygen atoms in total. The highest BCUT2D eigenvalue weighted by atomic mass is 16.4. The summed E-state index contributed by atoms with van der Waals surface area (Å²) in [4.78, 5) is 15.2. The summed E-state index contributed by atoms with van der Waals surface area (Å²) in [6, 6.07) is 9.02. The molecule has 0 bridgehead atoms. The van der Waals surface area contributed by atoms with Gasteiger partial charge in [0, 0.05) is 29.1 Å². The number of benzene rings is 1. The summed E-state index contributed by atoms with van der Waals surface area (Å²) in [5, 5.41) is 20.6. The number of H-pyrrole nitrogens is 1. The molecule has 2 aromatic heterocycles. The molecule has 1 atom stereocenters. The van der Waals surface area contributed by atoms with E-state index in [9.17, 15) is 15.0 Å². The number of aromatic amines is 1. The third-order valence-electron chi connectivity index (χ3n) is 4.32. The molecule has 1 aromatic carbocycles. The smallest absolute Gasteiger partial charge is 0.227 e. The third-order valence-corrected chi connectivity index (χ3v) is 4.32. The molecule has 5 heteroatoms. The Balaban J connectivity index is 2.17. The molecule has 0 aliphatic carbocycles. The zero-order chi connectivity index (χ0) is 17.1. The normalized spacial score (nSPS) is 12.6. The Bertz CT molecular complexity index is 894. The largest absolute Gasteiger partial charge is 0.502 e. The van der Waals surface area contributed by atoms with Gasteiger partial charge >= 0.3 is 0 Å². The Hall–Kier alpha value is -2.53. The quantitative estimate of drug-likeness (QED) is 0.645. The van der Waals surface area contributed by atoms with Crippen molar-refractivity contribution >= 4 is 10.9 Å². The molecular formula is C19H21NO4. The first kappa shape index (κ1) is 16.3. The standard InChI is InChI=1S/C19H21NO4/c1-2-3-6-14(15-10-20-16-8-5-4-7-13(15)16)19-18(23)17(22)9-12(11-21)24-19/h4-5,7-10,14,20-21,23H,2-3,6,11H2,1H3. The first-order chi connectivity index (χ1) is 11.7. The van der Waals surface area contributed by atoms with Crippen LogP contribution in [0, 0.1) is 0 Å². The summed E-state index contributed by atoms with van der Waals surface area (Å²) >= 11 is 0.